The maximum Gasteiger partial charge on any atom is 0.158 e. The summed E-state index contributed by atoms with van der Waals surface area (Å²) < 4.78 is 0. The highest BCUT2D eigenvalue weighted by atomic mass is 32.1. The Morgan fingerprint density at radius 3 is 2.72 bits per heavy atom. The van der Waals surface area contributed by atoms with Gasteiger partial charge in [0, 0.05) is 12.0 Å². The van der Waals surface area contributed by atoms with Crippen LogP contribution in [0.5, 0.6) is 0 Å². The van der Waals surface area contributed by atoms with Crippen LogP contribution in [-0.4, -0.2) is 16.0 Å². The van der Waals surface area contributed by atoms with Crippen molar-refractivity contribution >= 4 is 17.1 Å². The quantitative estimate of drug-likeness (QED) is 0.844. The molecule has 0 saturated heterocycles. The molecule has 1 heterocycles. The summed E-state index contributed by atoms with van der Waals surface area (Å²) >= 11 is 1.30. The van der Waals surface area contributed by atoms with E-state index in [2.05, 4.69) is 10.2 Å². The highest BCUT2D eigenvalue weighted by molar-refractivity contribution is 7.14. The second-order valence-corrected chi connectivity index (χ2v) is 4.70. The summed E-state index contributed by atoms with van der Waals surface area (Å²) in [5.74, 6) is -0.904. The molecule has 0 saturated carbocycles. The van der Waals surface area contributed by atoms with Crippen molar-refractivity contribution in [1.82, 2.24) is 10.2 Å². The molecule has 0 N–H and O–H groups in total. The van der Waals surface area contributed by atoms with Crippen molar-refractivity contribution in [3.63, 3.8) is 0 Å². The number of nitriles is 1. The van der Waals surface area contributed by atoms with Gasteiger partial charge in [0.25, 0.3) is 0 Å². The van der Waals surface area contributed by atoms with Crippen LogP contribution in [0.3, 0.4) is 0 Å². The van der Waals surface area contributed by atoms with Gasteiger partial charge in [0.05, 0.1) is 6.07 Å². The zero-order valence-electron chi connectivity index (χ0n) is 9.83. The number of rotatable bonds is 4. The van der Waals surface area contributed by atoms with E-state index >= 15 is 0 Å². The third-order valence-electron chi connectivity index (χ3n) is 2.51. The summed E-state index contributed by atoms with van der Waals surface area (Å²) in [5, 5.41) is 18.2. The lowest BCUT2D eigenvalue weighted by Gasteiger charge is -1.99. The zero-order valence-corrected chi connectivity index (χ0v) is 10.6. The minimum Gasteiger partial charge on any atom is -0.298 e. The first kappa shape index (κ1) is 12.4. The largest absolute Gasteiger partial charge is 0.298 e. The minimum absolute atomic E-state index is 0.117. The van der Waals surface area contributed by atoms with Gasteiger partial charge in [0.2, 0.25) is 0 Å². The van der Waals surface area contributed by atoms with Crippen molar-refractivity contribution in [2.24, 2.45) is 0 Å². The molecule has 1 atom stereocenters. The maximum absolute atomic E-state index is 11.6. The molecule has 5 heteroatoms. The summed E-state index contributed by atoms with van der Waals surface area (Å²) in [5.41, 5.74) is 0.946. The van der Waals surface area contributed by atoms with Gasteiger partial charge in [-0.3, -0.25) is 4.79 Å². The third kappa shape index (κ3) is 2.44. The Labute approximate surface area is 109 Å². The van der Waals surface area contributed by atoms with E-state index in [1.54, 1.807) is 6.92 Å². The third-order valence-corrected chi connectivity index (χ3v) is 3.55. The molecule has 90 valence electrons. The van der Waals surface area contributed by atoms with Gasteiger partial charge in [0.1, 0.15) is 10.0 Å². The molecule has 0 spiro atoms. The van der Waals surface area contributed by atoms with Crippen LogP contribution in [0.4, 0.5) is 0 Å². The normalized spacial score (nSPS) is 11.8. The predicted octanol–water partition coefficient (Wildman–Crippen LogP) is 2.79. The van der Waals surface area contributed by atoms with Gasteiger partial charge in [-0.1, -0.05) is 48.6 Å². The summed E-state index contributed by atoms with van der Waals surface area (Å²) in [7, 11) is 0. The molecule has 4 nitrogen and oxygen atoms in total. The number of hydrogen-bond acceptors (Lipinski definition) is 5. The Morgan fingerprint density at radius 1 is 1.39 bits per heavy atom. The second-order valence-electron chi connectivity index (χ2n) is 3.69. The lowest BCUT2D eigenvalue weighted by Crippen LogP contribution is -2.08. The monoisotopic (exact) mass is 257 g/mol. The smallest absolute Gasteiger partial charge is 0.158 e. The Morgan fingerprint density at radius 2 is 2.11 bits per heavy atom. The van der Waals surface area contributed by atoms with Gasteiger partial charge in [0.15, 0.2) is 11.7 Å². The number of carbonyl (C=O) groups excluding carboxylic acids is 1. The predicted molar refractivity (Wildman–Crippen MR) is 69.0 cm³/mol. The standard InChI is InChI=1S/C13H11N3OS/c1-2-11(17)10(8-14)13-16-15-12(18-13)9-6-4-3-5-7-9/h3-7,10H,2H2,1H3/t10-/m1/s1. The number of Topliss-reactive ketones (excluding diaryl/α,β-unsaturated/α-hetero) is 1. The van der Waals surface area contributed by atoms with Gasteiger partial charge >= 0.3 is 0 Å². The van der Waals surface area contributed by atoms with Crippen LogP contribution in [-0.2, 0) is 4.79 Å². The van der Waals surface area contributed by atoms with Gasteiger partial charge in [-0.15, -0.1) is 10.2 Å². The Hall–Kier alpha value is -2.06. The van der Waals surface area contributed by atoms with Gasteiger partial charge in [-0.25, -0.2) is 0 Å². The summed E-state index contributed by atoms with van der Waals surface area (Å²) in [6, 6.07) is 11.6. The number of ketones is 1. The van der Waals surface area contributed by atoms with Crippen LogP contribution < -0.4 is 0 Å². The van der Waals surface area contributed by atoms with Crippen LogP contribution in [0.25, 0.3) is 10.6 Å². The molecule has 0 fully saturated rings. The molecule has 0 aliphatic rings. The van der Waals surface area contributed by atoms with E-state index in [4.69, 9.17) is 5.26 Å². The van der Waals surface area contributed by atoms with E-state index < -0.39 is 5.92 Å². The number of aromatic nitrogens is 2. The molecule has 0 bridgehead atoms. The number of nitrogens with zero attached hydrogens (tertiary/aromatic N) is 3. The summed E-state index contributed by atoms with van der Waals surface area (Å²) in [4.78, 5) is 11.6. The topological polar surface area (TPSA) is 66.6 Å². The van der Waals surface area contributed by atoms with E-state index in [1.807, 2.05) is 36.4 Å². The van der Waals surface area contributed by atoms with Crippen molar-refractivity contribution in [3.05, 3.63) is 35.3 Å². The molecule has 2 aromatic rings. The highest BCUT2D eigenvalue weighted by Crippen LogP contribution is 2.28. The van der Waals surface area contributed by atoms with Gasteiger partial charge in [-0.2, -0.15) is 5.26 Å². The van der Waals surface area contributed by atoms with Gasteiger partial charge < -0.3 is 0 Å². The minimum atomic E-state index is -0.787. The zero-order chi connectivity index (χ0) is 13.0. The van der Waals surface area contributed by atoms with E-state index in [1.165, 1.54) is 11.3 Å². The van der Waals surface area contributed by atoms with Gasteiger partial charge in [-0.05, 0) is 0 Å². The molecule has 2 rings (SSSR count). The molecule has 0 radical (unpaired) electrons. The Bertz CT molecular complexity index is 586. The molecule has 0 amide bonds. The Balaban J connectivity index is 2.31. The molecular formula is C13H11N3OS. The number of hydrogen-bond donors (Lipinski definition) is 0. The van der Waals surface area contributed by atoms with Crippen molar-refractivity contribution in [2.45, 2.75) is 19.3 Å². The fraction of sp³-hybridized carbons (Fsp3) is 0.231. The maximum atomic E-state index is 11.6. The van der Waals surface area contributed by atoms with Crippen LogP contribution >= 0.6 is 11.3 Å². The van der Waals surface area contributed by atoms with Crippen LogP contribution in [0, 0.1) is 11.3 Å². The van der Waals surface area contributed by atoms with E-state index in [9.17, 15) is 4.79 Å². The average molecular weight is 257 g/mol. The number of carbonyl (C=O) groups is 1. The molecule has 1 aromatic carbocycles. The van der Waals surface area contributed by atoms with Crippen molar-refractivity contribution < 1.29 is 4.79 Å². The molecule has 0 aliphatic heterocycles. The summed E-state index contributed by atoms with van der Waals surface area (Å²) in [6.07, 6.45) is 0.332. The van der Waals surface area contributed by atoms with E-state index in [0.29, 0.717) is 11.4 Å². The van der Waals surface area contributed by atoms with Crippen molar-refractivity contribution in [3.8, 4) is 16.6 Å². The molecule has 0 unspecified atom stereocenters. The van der Waals surface area contributed by atoms with Crippen LogP contribution in [0.15, 0.2) is 30.3 Å². The molecule has 18 heavy (non-hydrogen) atoms. The van der Waals surface area contributed by atoms with Crippen molar-refractivity contribution in [2.75, 3.05) is 0 Å². The highest BCUT2D eigenvalue weighted by Gasteiger charge is 2.23. The van der Waals surface area contributed by atoms with Crippen LogP contribution in [0.1, 0.15) is 24.3 Å². The van der Waals surface area contributed by atoms with Crippen molar-refractivity contribution in [1.29, 1.82) is 5.26 Å². The van der Waals surface area contributed by atoms with Crippen LogP contribution in [0.2, 0.25) is 0 Å². The first-order chi connectivity index (χ1) is 8.76. The first-order valence-electron chi connectivity index (χ1n) is 5.57. The lowest BCUT2D eigenvalue weighted by molar-refractivity contribution is -0.119. The number of benzene rings is 1. The van der Waals surface area contributed by atoms with E-state index in [0.717, 1.165) is 10.6 Å². The lowest BCUT2D eigenvalue weighted by atomic mass is 10.1. The summed E-state index contributed by atoms with van der Waals surface area (Å²) in [6.45, 7) is 1.74. The molecule has 1 aromatic heterocycles. The fourth-order valence-electron chi connectivity index (χ4n) is 1.52. The second kappa shape index (κ2) is 5.52. The first-order valence-corrected chi connectivity index (χ1v) is 6.39. The Kier molecular flexibility index (Phi) is 3.80. The van der Waals surface area contributed by atoms with E-state index in [-0.39, 0.29) is 5.78 Å². The SMILES string of the molecule is CCC(=O)[C@@H](C#N)c1nnc(-c2ccccc2)s1. The molecule has 0 aliphatic carbocycles. The fourth-order valence-corrected chi connectivity index (χ4v) is 2.44. The average Bonchev–Trinajstić information content (AvgIpc) is 2.90. The molecular weight excluding hydrogens is 246 g/mol.